The molecule has 1 saturated heterocycles. The van der Waals surface area contributed by atoms with Crippen LogP contribution < -0.4 is 0 Å². The molecule has 7 nitrogen and oxygen atoms in total. The van der Waals surface area contributed by atoms with Crippen LogP contribution in [0.2, 0.25) is 0 Å². The summed E-state index contributed by atoms with van der Waals surface area (Å²) in [6.45, 7) is 5.62. The molecule has 1 aromatic rings. The average Bonchev–Trinajstić information content (AvgIpc) is 2.99. The van der Waals surface area contributed by atoms with Crippen molar-refractivity contribution < 1.29 is 9.72 Å². The van der Waals surface area contributed by atoms with Crippen molar-refractivity contribution in [3.05, 3.63) is 21.9 Å². The van der Waals surface area contributed by atoms with Gasteiger partial charge in [-0.15, -0.1) is 0 Å². The molecule has 1 aliphatic heterocycles. The fourth-order valence-corrected chi connectivity index (χ4v) is 2.35. The molecular weight excluding hydrogens is 248 g/mol. The summed E-state index contributed by atoms with van der Waals surface area (Å²) in [5.74, 6) is -0.273. The van der Waals surface area contributed by atoms with Gasteiger partial charge in [0.25, 0.3) is 0 Å². The maximum atomic E-state index is 12.2. The SMILES string of the molecule is Cc1cc([N+](=O)[O-])nn1C[C@H](C)C(=O)N1CCCC1. The molecular formula is C12H18N4O3. The molecule has 0 aromatic carbocycles. The van der Waals surface area contributed by atoms with Gasteiger partial charge in [0, 0.05) is 13.1 Å². The second kappa shape index (κ2) is 5.38. The summed E-state index contributed by atoms with van der Waals surface area (Å²) in [6.07, 6.45) is 2.12. The Balaban J connectivity index is 2.03. The van der Waals surface area contributed by atoms with Crippen LogP contribution in [0, 0.1) is 23.0 Å². The van der Waals surface area contributed by atoms with Crippen LogP contribution in [-0.4, -0.2) is 38.6 Å². The minimum atomic E-state index is -0.517. The zero-order valence-electron chi connectivity index (χ0n) is 11.2. The van der Waals surface area contributed by atoms with E-state index in [1.54, 1.807) is 6.92 Å². The van der Waals surface area contributed by atoms with Crippen LogP contribution in [-0.2, 0) is 11.3 Å². The third-order valence-corrected chi connectivity index (χ3v) is 3.44. The Morgan fingerprint density at radius 2 is 2.16 bits per heavy atom. The lowest BCUT2D eigenvalue weighted by atomic mass is 10.1. The standard InChI is InChI=1S/C12H18N4O3/c1-9(12(17)14-5-3-4-6-14)8-15-10(2)7-11(13-15)16(18)19/h7,9H,3-6,8H2,1-2H3/t9-/m0/s1. The number of nitro groups is 1. The molecule has 0 bridgehead atoms. The minimum Gasteiger partial charge on any atom is -0.358 e. The normalized spacial score (nSPS) is 16.6. The summed E-state index contributed by atoms with van der Waals surface area (Å²) < 4.78 is 1.54. The maximum Gasteiger partial charge on any atom is 0.390 e. The van der Waals surface area contributed by atoms with Gasteiger partial charge < -0.3 is 15.0 Å². The number of aromatic nitrogens is 2. The molecule has 1 atom stereocenters. The fourth-order valence-electron chi connectivity index (χ4n) is 2.35. The lowest BCUT2D eigenvalue weighted by Gasteiger charge is -2.19. The van der Waals surface area contributed by atoms with Crippen LogP contribution in [0.5, 0.6) is 0 Å². The van der Waals surface area contributed by atoms with E-state index in [4.69, 9.17) is 0 Å². The van der Waals surface area contributed by atoms with Crippen molar-refractivity contribution in [2.24, 2.45) is 5.92 Å². The van der Waals surface area contributed by atoms with Crippen LogP contribution >= 0.6 is 0 Å². The van der Waals surface area contributed by atoms with Gasteiger partial charge in [-0.1, -0.05) is 6.92 Å². The molecule has 1 amide bonds. The first-order valence-electron chi connectivity index (χ1n) is 6.46. The predicted octanol–water partition coefficient (Wildman–Crippen LogP) is 1.36. The quantitative estimate of drug-likeness (QED) is 0.608. The average molecular weight is 266 g/mol. The van der Waals surface area contributed by atoms with E-state index in [1.165, 1.54) is 10.7 Å². The number of aryl methyl sites for hydroxylation is 1. The van der Waals surface area contributed by atoms with E-state index in [2.05, 4.69) is 5.10 Å². The molecule has 0 saturated carbocycles. The second-order valence-electron chi connectivity index (χ2n) is 5.02. The second-order valence-corrected chi connectivity index (χ2v) is 5.02. The number of rotatable bonds is 4. The van der Waals surface area contributed by atoms with Crippen LogP contribution in [0.1, 0.15) is 25.5 Å². The Morgan fingerprint density at radius 1 is 1.53 bits per heavy atom. The number of hydrogen-bond donors (Lipinski definition) is 0. The van der Waals surface area contributed by atoms with Crippen molar-refractivity contribution in [3.63, 3.8) is 0 Å². The largest absolute Gasteiger partial charge is 0.390 e. The van der Waals surface area contributed by atoms with E-state index < -0.39 is 4.92 Å². The minimum absolute atomic E-state index is 0.107. The van der Waals surface area contributed by atoms with Gasteiger partial charge in [0.15, 0.2) is 0 Å². The first kappa shape index (κ1) is 13.5. The molecule has 1 fully saturated rings. The number of carbonyl (C=O) groups excluding carboxylic acids is 1. The first-order chi connectivity index (χ1) is 8.99. The lowest BCUT2D eigenvalue weighted by molar-refractivity contribution is -0.389. The van der Waals surface area contributed by atoms with Gasteiger partial charge in [0.05, 0.1) is 29.3 Å². The third kappa shape index (κ3) is 2.91. The van der Waals surface area contributed by atoms with Gasteiger partial charge in [0.2, 0.25) is 5.91 Å². The summed E-state index contributed by atoms with van der Waals surface area (Å²) >= 11 is 0. The van der Waals surface area contributed by atoms with Crippen LogP contribution in [0.3, 0.4) is 0 Å². The van der Waals surface area contributed by atoms with Gasteiger partial charge in [-0.2, -0.15) is 4.68 Å². The van der Waals surface area contributed by atoms with E-state index in [-0.39, 0.29) is 17.6 Å². The zero-order valence-corrected chi connectivity index (χ0v) is 11.2. The fraction of sp³-hybridized carbons (Fsp3) is 0.667. The summed E-state index contributed by atoms with van der Waals surface area (Å²) in [4.78, 5) is 24.1. The Kier molecular flexibility index (Phi) is 3.82. The summed E-state index contributed by atoms with van der Waals surface area (Å²) in [6, 6.07) is 1.42. The van der Waals surface area contributed by atoms with Gasteiger partial charge >= 0.3 is 5.82 Å². The molecule has 0 spiro atoms. The van der Waals surface area contributed by atoms with E-state index in [0.29, 0.717) is 12.2 Å². The highest BCUT2D eigenvalue weighted by molar-refractivity contribution is 5.78. The van der Waals surface area contributed by atoms with Crippen molar-refractivity contribution in [1.29, 1.82) is 0 Å². The monoisotopic (exact) mass is 266 g/mol. The molecule has 1 aliphatic rings. The van der Waals surface area contributed by atoms with Crippen LogP contribution in [0.25, 0.3) is 0 Å². The number of amides is 1. The van der Waals surface area contributed by atoms with Gasteiger partial charge in [-0.05, 0) is 24.7 Å². The van der Waals surface area contributed by atoms with Crippen molar-refractivity contribution in [2.45, 2.75) is 33.2 Å². The molecule has 0 aliphatic carbocycles. The molecule has 1 aromatic heterocycles. The molecule has 0 unspecified atom stereocenters. The van der Waals surface area contributed by atoms with E-state index in [9.17, 15) is 14.9 Å². The molecule has 0 radical (unpaired) electrons. The van der Waals surface area contributed by atoms with Crippen molar-refractivity contribution >= 4 is 11.7 Å². The molecule has 7 heteroatoms. The smallest absolute Gasteiger partial charge is 0.358 e. The zero-order chi connectivity index (χ0) is 14.0. The molecule has 2 heterocycles. The third-order valence-electron chi connectivity index (χ3n) is 3.44. The number of likely N-dealkylation sites (tertiary alicyclic amines) is 1. The Labute approximate surface area is 111 Å². The number of nitrogens with zero attached hydrogens (tertiary/aromatic N) is 4. The highest BCUT2D eigenvalue weighted by Crippen LogP contribution is 2.16. The Hall–Kier alpha value is -1.92. The number of carbonyl (C=O) groups is 1. The van der Waals surface area contributed by atoms with Gasteiger partial charge in [0.1, 0.15) is 0 Å². The molecule has 19 heavy (non-hydrogen) atoms. The molecule has 0 N–H and O–H groups in total. The lowest BCUT2D eigenvalue weighted by Crippen LogP contribution is -2.34. The first-order valence-corrected chi connectivity index (χ1v) is 6.46. The van der Waals surface area contributed by atoms with Crippen LogP contribution in [0.4, 0.5) is 5.82 Å². The Morgan fingerprint density at radius 3 is 2.68 bits per heavy atom. The summed E-state index contributed by atoms with van der Waals surface area (Å²) in [5.41, 5.74) is 0.702. The Bertz CT molecular complexity index is 491. The highest BCUT2D eigenvalue weighted by Gasteiger charge is 2.25. The molecule has 104 valence electrons. The van der Waals surface area contributed by atoms with Gasteiger partial charge in [-0.25, -0.2) is 0 Å². The van der Waals surface area contributed by atoms with Crippen molar-refractivity contribution in [1.82, 2.24) is 14.7 Å². The van der Waals surface area contributed by atoms with Crippen molar-refractivity contribution in [2.75, 3.05) is 13.1 Å². The van der Waals surface area contributed by atoms with Gasteiger partial charge in [-0.3, -0.25) is 4.79 Å². The van der Waals surface area contributed by atoms with E-state index >= 15 is 0 Å². The van der Waals surface area contributed by atoms with Crippen LogP contribution in [0.15, 0.2) is 6.07 Å². The predicted molar refractivity (Wildman–Crippen MR) is 68.6 cm³/mol. The number of hydrogen-bond acceptors (Lipinski definition) is 4. The van der Waals surface area contributed by atoms with Crippen molar-refractivity contribution in [3.8, 4) is 0 Å². The molecule has 2 rings (SSSR count). The highest BCUT2D eigenvalue weighted by atomic mass is 16.6. The summed E-state index contributed by atoms with van der Waals surface area (Å²) in [5, 5.41) is 14.6. The summed E-state index contributed by atoms with van der Waals surface area (Å²) in [7, 11) is 0. The van der Waals surface area contributed by atoms with E-state index in [1.807, 2.05) is 11.8 Å². The van der Waals surface area contributed by atoms with E-state index in [0.717, 1.165) is 25.9 Å². The maximum absolute atomic E-state index is 12.2. The topological polar surface area (TPSA) is 81.3 Å².